The van der Waals surface area contributed by atoms with Gasteiger partial charge in [0.1, 0.15) is 21.3 Å². The van der Waals surface area contributed by atoms with Crippen LogP contribution in [0.25, 0.3) is 0 Å². The lowest BCUT2D eigenvalue weighted by atomic mass is 10.4. The first kappa shape index (κ1) is 16.7. The predicted molar refractivity (Wildman–Crippen MR) is 80.9 cm³/mol. The Bertz CT molecular complexity index is 805. The number of furan rings is 1. The van der Waals surface area contributed by atoms with Crippen molar-refractivity contribution in [2.45, 2.75) is 32.1 Å². The van der Waals surface area contributed by atoms with Crippen LogP contribution in [0.3, 0.4) is 0 Å². The van der Waals surface area contributed by atoms with E-state index in [0.717, 1.165) is 11.3 Å². The van der Waals surface area contributed by atoms with Crippen molar-refractivity contribution in [1.82, 2.24) is 9.71 Å². The van der Waals surface area contributed by atoms with Crippen LogP contribution in [0.5, 0.6) is 0 Å². The maximum absolute atomic E-state index is 12.2. The van der Waals surface area contributed by atoms with Gasteiger partial charge >= 0.3 is 5.97 Å². The lowest BCUT2D eigenvalue weighted by Gasteiger charge is -2.04. The summed E-state index contributed by atoms with van der Waals surface area (Å²) in [7, 11) is -3.64. The fourth-order valence-corrected chi connectivity index (χ4v) is 4.17. The quantitative estimate of drug-likeness (QED) is 0.828. The lowest BCUT2D eigenvalue weighted by Crippen LogP contribution is -2.26. The van der Waals surface area contributed by atoms with Gasteiger partial charge in [0.2, 0.25) is 10.0 Å². The molecule has 0 atom stereocenters. The molecule has 2 heterocycles. The van der Waals surface area contributed by atoms with Crippen LogP contribution in [0.1, 0.15) is 31.9 Å². The zero-order chi connectivity index (χ0) is 16.5. The van der Waals surface area contributed by atoms with E-state index >= 15 is 0 Å². The van der Waals surface area contributed by atoms with Crippen molar-refractivity contribution in [2.24, 2.45) is 0 Å². The Balaban J connectivity index is 2.03. The largest absolute Gasteiger partial charge is 0.477 e. The summed E-state index contributed by atoms with van der Waals surface area (Å²) in [6.07, 6.45) is 0.327. The second kappa shape index (κ2) is 6.19. The van der Waals surface area contributed by atoms with E-state index < -0.39 is 16.0 Å². The molecule has 9 heteroatoms. The van der Waals surface area contributed by atoms with Crippen molar-refractivity contribution < 1.29 is 22.7 Å². The van der Waals surface area contributed by atoms with Gasteiger partial charge in [-0.25, -0.2) is 22.9 Å². The highest BCUT2D eigenvalue weighted by Gasteiger charge is 2.20. The first-order valence-corrected chi connectivity index (χ1v) is 8.77. The zero-order valence-electron chi connectivity index (χ0n) is 12.3. The van der Waals surface area contributed by atoms with Gasteiger partial charge in [0.15, 0.2) is 0 Å². The molecule has 7 nitrogen and oxygen atoms in total. The van der Waals surface area contributed by atoms with Gasteiger partial charge in [-0.3, -0.25) is 0 Å². The molecule has 2 aromatic heterocycles. The van der Waals surface area contributed by atoms with Gasteiger partial charge in [-0.05, 0) is 26.8 Å². The summed E-state index contributed by atoms with van der Waals surface area (Å²) in [5.74, 6) is -0.158. The number of aromatic carboxylic acids is 1. The molecule has 0 spiro atoms. The van der Waals surface area contributed by atoms with Crippen LogP contribution >= 0.6 is 11.3 Å². The van der Waals surface area contributed by atoms with Gasteiger partial charge in [-0.15, -0.1) is 11.3 Å². The average molecular weight is 344 g/mol. The van der Waals surface area contributed by atoms with E-state index in [-0.39, 0.29) is 16.3 Å². The first-order chi connectivity index (χ1) is 10.2. The van der Waals surface area contributed by atoms with Gasteiger partial charge in [0.05, 0.1) is 10.7 Å². The molecule has 120 valence electrons. The number of carbonyl (C=O) groups is 1. The van der Waals surface area contributed by atoms with Gasteiger partial charge in [0, 0.05) is 13.0 Å². The van der Waals surface area contributed by atoms with E-state index in [0.29, 0.717) is 28.6 Å². The highest BCUT2D eigenvalue weighted by Crippen LogP contribution is 2.20. The molecule has 2 N–H and O–H groups in total. The van der Waals surface area contributed by atoms with Crippen LogP contribution in [0, 0.1) is 20.8 Å². The number of hydrogen-bond donors (Lipinski definition) is 2. The number of aryl methyl sites for hydroxylation is 3. The third kappa shape index (κ3) is 3.54. The Kier molecular flexibility index (Phi) is 4.69. The van der Waals surface area contributed by atoms with E-state index in [9.17, 15) is 13.2 Å². The summed E-state index contributed by atoms with van der Waals surface area (Å²) in [4.78, 5) is 15.4. The Morgan fingerprint density at radius 1 is 1.41 bits per heavy atom. The molecule has 0 aromatic carbocycles. The number of nitrogens with one attached hydrogen (secondary N) is 1. The van der Waals surface area contributed by atoms with Gasteiger partial charge in [-0.1, -0.05) is 0 Å². The fourth-order valence-electron chi connectivity index (χ4n) is 2.00. The highest BCUT2D eigenvalue weighted by atomic mass is 32.2. The second-order valence-corrected chi connectivity index (χ2v) is 7.57. The number of thiazole rings is 1. The molecule has 22 heavy (non-hydrogen) atoms. The van der Waals surface area contributed by atoms with Crippen molar-refractivity contribution in [1.29, 1.82) is 0 Å². The number of carboxylic acid groups (broad SMARTS) is 1. The molecule has 0 saturated heterocycles. The van der Waals surface area contributed by atoms with Crippen molar-refractivity contribution in [3.05, 3.63) is 33.2 Å². The summed E-state index contributed by atoms with van der Waals surface area (Å²) in [6, 6.07) is 1.47. The van der Waals surface area contributed by atoms with Crippen LogP contribution in [0.2, 0.25) is 0 Å². The Labute approximate surface area is 132 Å². The van der Waals surface area contributed by atoms with E-state index in [1.165, 1.54) is 6.07 Å². The van der Waals surface area contributed by atoms with E-state index in [1.807, 2.05) is 0 Å². The number of nitrogens with zero attached hydrogens (tertiary/aromatic N) is 1. The van der Waals surface area contributed by atoms with Gasteiger partial charge in [-0.2, -0.15) is 0 Å². The van der Waals surface area contributed by atoms with Gasteiger partial charge < -0.3 is 9.52 Å². The molecule has 0 unspecified atom stereocenters. The molecular formula is C13H16N2O5S2. The lowest BCUT2D eigenvalue weighted by molar-refractivity contribution is 0.0701. The van der Waals surface area contributed by atoms with Crippen molar-refractivity contribution in [2.75, 3.05) is 6.54 Å². The first-order valence-electron chi connectivity index (χ1n) is 6.47. The molecule has 0 aliphatic rings. The molecular weight excluding hydrogens is 328 g/mol. The maximum atomic E-state index is 12.2. The highest BCUT2D eigenvalue weighted by molar-refractivity contribution is 7.89. The maximum Gasteiger partial charge on any atom is 0.347 e. The Morgan fingerprint density at radius 2 is 2.09 bits per heavy atom. The summed E-state index contributed by atoms with van der Waals surface area (Å²) in [5, 5.41) is 9.54. The SMILES string of the molecule is Cc1cc(S(=O)(=O)NCCc2nc(C)c(C(=O)O)s2)c(C)o1. The molecule has 2 aromatic rings. The van der Waals surface area contributed by atoms with Crippen molar-refractivity contribution in [3.63, 3.8) is 0 Å². The molecule has 0 saturated carbocycles. The minimum absolute atomic E-state index is 0.117. The number of carboxylic acids is 1. The summed E-state index contributed by atoms with van der Waals surface area (Å²) in [5.41, 5.74) is 0.441. The topological polar surface area (TPSA) is 110 Å². The van der Waals surface area contributed by atoms with Crippen LogP contribution in [0.4, 0.5) is 0 Å². The normalized spacial score (nSPS) is 11.8. The Hall–Kier alpha value is -1.71. The average Bonchev–Trinajstić information content (AvgIpc) is 2.92. The number of aromatic nitrogens is 1. The minimum Gasteiger partial charge on any atom is -0.477 e. The van der Waals surface area contributed by atoms with Crippen LogP contribution < -0.4 is 4.72 Å². The molecule has 0 aliphatic heterocycles. The van der Waals surface area contributed by atoms with Gasteiger partial charge in [0.25, 0.3) is 0 Å². The molecule has 0 bridgehead atoms. The summed E-state index contributed by atoms with van der Waals surface area (Å²) in [6.45, 7) is 5.02. The number of sulfonamides is 1. The van der Waals surface area contributed by atoms with Crippen LogP contribution in [0.15, 0.2) is 15.4 Å². The standard InChI is InChI=1S/C13H16N2O5S2/c1-7-6-10(9(3)20-7)22(18,19)14-5-4-11-15-8(2)12(21-11)13(16)17/h6,14H,4-5H2,1-3H3,(H,16,17). The Morgan fingerprint density at radius 3 is 2.59 bits per heavy atom. The zero-order valence-corrected chi connectivity index (χ0v) is 14.0. The van der Waals surface area contributed by atoms with Crippen molar-refractivity contribution >= 4 is 27.3 Å². The number of hydrogen-bond acceptors (Lipinski definition) is 6. The van der Waals surface area contributed by atoms with E-state index in [4.69, 9.17) is 9.52 Å². The molecule has 0 fully saturated rings. The molecule has 0 radical (unpaired) electrons. The van der Waals surface area contributed by atoms with Crippen LogP contribution in [-0.2, 0) is 16.4 Å². The van der Waals surface area contributed by atoms with Crippen molar-refractivity contribution in [3.8, 4) is 0 Å². The fraction of sp³-hybridized carbons (Fsp3) is 0.385. The number of rotatable bonds is 6. The molecule has 2 rings (SSSR count). The molecule has 0 amide bonds. The minimum atomic E-state index is -3.64. The van der Waals surface area contributed by atoms with Crippen LogP contribution in [-0.4, -0.2) is 31.0 Å². The summed E-state index contributed by atoms with van der Waals surface area (Å²) < 4.78 is 32.0. The third-order valence-corrected chi connectivity index (χ3v) is 5.72. The smallest absolute Gasteiger partial charge is 0.347 e. The second-order valence-electron chi connectivity index (χ2n) is 4.75. The molecule has 0 aliphatic carbocycles. The summed E-state index contributed by atoms with van der Waals surface area (Å²) >= 11 is 1.06. The third-order valence-electron chi connectivity index (χ3n) is 2.95. The monoisotopic (exact) mass is 344 g/mol. The van der Waals surface area contributed by atoms with E-state index in [1.54, 1.807) is 20.8 Å². The van der Waals surface area contributed by atoms with E-state index in [2.05, 4.69) is 9.71 Å². The predicted octanol–water partition coefficient (Wildman–Crippen LogP) is 1.88.